The molecule has 0 aromatic carbocycles. The molecule has 3 aromatic heterocycles. The number of phosphoric ester groups is 1. The highest BCUT2D eigenvalue weighted by Crippen LogP contribution is 2.51. The standard InChI is InChI=1S/C19H21F2N7O11P2S/c20-10-13-8(37-18(10)28-6-25-12-15(22)23-5-24-16(12)28)4-35-41(33,42)39-14-7(3-34-40(31,32)38-13)36-17(11(14)21)27-2-1-9(29)26-19(27)30/h1-2,5-8,10-11,13-14,17-18H,3-4H2,(H,31,32)(H,33,42)(H2,22,23,24)(H,26,29,30)/p-2/t7-,8-,10+,11+,13?,14?,17-,18-,41?/m1/s1. The molecule has 3 aromatic rings. The van der Waals surface area contributed by atoms with E-state index in [2.05, 4.69) is 15.0 Å². The van der Waals surface area contributed by atoms with Gasteiger partial charge in [0.25, 0.3) is 13.4 Å². The van der Waals surface area contributed by atoms with E-state index < -0.39 is 88.2 Å². The van der Waals surface area contributed by atoms with E-state index in [1.165, 1.54) is 0 Å². The number of rotatable bonds is 2. The van der Waals surface area contributed by atoms with Crippen LogP contribution in [-0.4, -0.2) is 79.0 Å². The summed E-state index contributed by atoms with van der Waals surface area (Å²) in [6.45, 7) is -6.43. The molecule has 0 amide bonds. The van der Waals surface area contributed by atoms with E-state index in [0.717, 1.165) is 29.5 Å². The third-order valence-electron chi connectivity index (χ3n) is 6.62. The molecule has 6 rings (SSSR count). The third-order valence-corrected chi connectivity index (χ3v) is 9.12. The third kappa shape index (κ3) is 5.46. The fourth-order valence-corrected chi connectivity index (χ4v) is 7.09. The van der Waals surface area contributed by atoms with Gasteiger partial charge in [0.1, 0.15) is 43.0 Å². The molecule has 3 saturated heterocycles. The van der Waals surface area contributed by atoms with Crippen molar-refractivity contribution in [3.8, 4) is 0 Å². The van der Waals surface area contributed by atoms with Crippen LogP contribution in [0.1, 0.15) is 12.5 Å². The van der Waals surface area contributed by atoms with Gasteiger partial charge in [-0.2, -0.15) is 0 Å². The summed E-state index contributed by atoms with van der Waals surface area (Å²) in [7, 11) is -5.38. The minimum atomic E-state index is -5.38. The highest BCUT2D eigenvalue weighted by atomic mass is 32.5. The van der Waals surface area contributed by atoms with Crippen LogP contribution in [-0.2, 0) is 43.9 Å². The van der Waals surface area contributed by atoms with Gasteiger partial charge in [-0.15, -0.1) is 0 Å². The van der Waals surface area contributed by atoms with Gasteiger partial charge in [-0.25, -0.2) is 28.5 Å². The summed E-state index contributed by atoms with van der Waals surface area (Å²) in [6.07, 6.45) is -11.7. The zero-order chi connectivity index (χ0) is 30.0. The average Bonchev–Trinajstić information content (AvgIpc) is 3.57. The van der Waals surface area contributed by atoms with E-state index in [9.17, 15) is 23.9 Å². The lowest BCUT2D eigenvalue weighted by Gasteiger charge is -2.36. The second-order valence-corrected chi connectivity index (χ2v) is 13.3. The number of nitrogen functional groups attached to an aromatic ring is 1. The lowest BCUT2D eigenvalue weighted by Crippen LogP contribution is -2.39. The molecule has 4 unspecified atom stereocenters. The number of nitrogens with zero attached hydrogens (tertiary/aromatic N) is 5. The second kappa shape index (κ2) is 10.9. The zero-order valence-corrected chi connectivity index (χ0v) is 23.3. The maximum absolute atomic E-state index is 15.7. The molecule has 3 aliphatic heterocycles. The molecule has 6 heterocycles. The lowest BCUT2D eigenvalue weighted by atomic mass is 10.1. The molecule has 10 atom stereocenters. The molecular weight excluding hydrogens is 634 g/mol. The average molecular weight is 653 g/mol. The Hall–Kier alpha value is -2.55. The Labute approximate surface area is 237 Å². The fourth-order valence-electron chi connectivity index (χ4n) is 4.73. The first-order valence-electron chi connectivity index (χ1n) is 11.9. The smallest absolute Gasteiger partial charge is 0.330 e. The summed E-state index contributed by atoms with van der Waals surface area (Å²) in [5, 5.41) is 0. The highest BCUT2D eigenvalue weighted by Gasteiger charge is 2.52. The summed E-state index contributed by atoms with van der Waals surface area (Å²) >= 11 is 4.90. The number of fused-ring (bicyclic) bond motifs is 3. The maximum Gasteiger partial charge on any atom is 0.330 e. The molecule has 3 aliphatic rings. The highest BCUT2D eigenvalue weighted by molar-refractivity contribution is 8.06. The van der Waals surface area contributed by atoms with Gasteiger partial charge in [-0.1, -0.05) is 11.8 Å². The van der Waals surface area contributed by atoms with Gasteiger partial charge in [0.05, 0.1) is 19.5 Å². The summed E-state index contributed by atoms with van der Waals surface area (Å²) in [5.74, 6) is -0.00789. The van der Waals surface area contributed by atoms with Crippen molar-refractivity contribution in [2.75, 3.05) is 18.9 Å². The molecule has 0 bridgehead atoms. The van der Waals surface area contributed by atoms with E-state index in [1.54, 1.807) is 0 Å². The van der Waals surface area contributed by atoms with Crippen LogP contribution in [0, 0.1) is 0 Å². The quantitative estimate of drug-likeness (QED) is 0.293. The Morgan fingerprint density at radius 2 is 1.64 bits per heavy atom. The predicted molar refractivity (Wildman–Crippen MR) is 132 cm³/mol. The summed E-state index contributed by atoms with van der Waals surface area (Å²) in [5.41, 5.74) is 4.11. The maximum atomic E-state index is 15.7. The number of anilines is 1. The van der Waals surface area contributed by atoms with Gasteiger partial charge in [0, 0.05) is 12.3 Å². The Morgan fingerprint density at radius 1 is 1.00 bits per heavy atom. The van der Waals surface area contributed by atoms with Crippen LogP contribution >= 0.6 is 14.5 Å². The van der Waals surface area contributed by atoms with Crippen molar-refractivity contribution in [2.24, 2.45) is 0 Å². The summed E-state index contributed by atoms with van der Waals surface area (Å²) in [6, 6.07) is 0.911. The van der Waals surface area contributed by atoms with Gasteiger partial charge < -0.3 is 43.1 Å². The van der Waals surface area contributed by atoms with Crippen LogP contribution in [0.2, 0.25) is 0 Å². The lowest BCUT2D eigenvalue weighted by molar-refractivity contribution is -0.238. The Morgan fingerprint density at radius 3 is 2.33 bits per heavy atom. The van der Waals surface area contributed by atoms with E-state index >= 15 is 8.78 Å². The number of aromatic nitrogens is 6. The van der Waals surface area contributed by atoms with Crippen LogP contribution in [0.4, 0.5) is 14.6 Å². The predicted octanol–water partition coefficient (Wildman–Crippen LogP) is -1.70. The molecule has 0 saturated carbocycles. The van der Waals surface area contributed by atoms with Crippen LogP contribution in [0.5, 0.6) is 0 Å². The first-order valence-corrected chi connectivity index (χ1v) is 16.0. The van der Waals surface area contributed by atoms with E-state index in [4.69, 9.17) is 45.1 Å². The number of imidazole rings is 1. The van der Waals surface area contributed by atoms with Crippen molar-refractivity contribution in [3.63, 3.8) is 0 Å². The number of hydrogen-bond acceptors (Lipinski definition) is 16. The topological polar surface area (TPSA) is 243 Å². The molecule has 0 aliphatic carbocycles. The van der Waals surface area contributed by atoms with Crippen LogP contribution < -0.4 is 26.8 Å². The number of aromatic amines is 1. The van der Waals surface area contributed by atoms with E-state index in [0.29, 0.717) is 4.57 Å². The van der Waals surface area contributed by atoms with Crippen LogP contribution in [0.15, 0.2) is 34.5 Å². The minimum absolute atomic E-state index is 0.00789. The normalized spacial score (nSPS) is 39.3. The SMILES string of the molecule is Nc1ncnc2c1ncn2[C@@H]1O[C@@H]2COP([O-])(=S)OC3[C@@H](COP(=O)([O-])OC2[C@@H]1F)O[C@@H](n1ccc(=O)[nH]c1=O)[C@H]3F. The Balaban J connectivity index is 1.28. The molecule has 18 nitrogen and oxygen atoms in total. The van der Waals surface area contributed by atoms with E-state index in [1.807, 2.05) is 4.98 Å². The zero-order valence-electron chi connectivity index (χ0n) is 20.7. The van der Waals surface area contributed by atoms with Crippen molar-refractivity contribution in [2.45, 2.75) is 49.2 Å². The van der Waals surface area contributed by atoms with Crippen molar-refractivity contribution >= 4 is 43.3 Å². The van der Waals surface area contributed by atoms with Crippen molar-refractivity contribution in [1.29, 1.82) is 0 Å². The number of ether oxygens (including phenoxy) is 2. The summed E-state index contributed by atoms with van der Waals surface area (Å²) < 4.78 is 77.2. The van der Waals surface area contributed by atoms with Gasteiger partial charge in [-0.05, 0) is 0 Å². The van der Waals surface area contributed by atoms with Crippen molar-refractivity contribution in [1.82, 2.24) is 29.1 Å². The number of halogens is 2. The minimum Gasteiger partial charge on any atom is -0.780 e. The number of phosphoric acid groups is 1. The molecule has 3 fully saturated rings. The summed E-state index contributed by atoms with van der Waals surface area (Å²) in [4.78, 5) is 63.1. The molecular formula is C19H19F2N7O11P2S-2. The van der Waals surface area contributed by atoms with Gasteiger partial charge in [0.15, 0.2) is 36.3 Å². The first-order chi connectivity index (χ1) is 19.8. The molecule has 23 heteroatoms. The Kier molecular flexibility index (Phi) is 7.64. The van der Waals surface area contributed by atoms with E-state index in [-0.39, 0.29) is 17.0 Å². The number of nitrogens with two attached hydrogens (primary N) is 1. The number of hydrogen-bond donors (Lipinski definition) is 2. The largest absolute Gasteiger partial charge is 0.780 e. The monoisotopic (exact) mass is 653 g/mol. The Bertz CT molecular complexity index is 1730. The van der Waals surface area contributed by atoms with Crippen LogP contribution in [0.3, 0.4) is 0 Å². The fraction of sp³-hybridized carbons (Fsp3) is 0.526. The van der Waals surface area contributed by atoms with Gasteiger partial charge >= 0.3 is 5.69 Å². The molecule has 0 spiro atoms. The number of H-pyrrole nitrogens is 1. The molecule has 228 valence electrons. The van der Waals surface area contributed by atoms with Crippen molar-refractivity contribution in [3.05, 3.63) is 45.8 Å². The second-order valence-electron chi connectivity index (χ2n) is 9.25. The molecule has 42 heavy (non-hydrogen) atoms. The van der Waals surface area contributed by atoms with Crippen molar-refractivity contribution < 1.29 is 50.7 Å². The molecule has 3 N–H and O–H groups in total. The van der Waals surface area contributed by atoms with Gasteiger partial charge in [0.2, 0.25) is 0 Å². The number of nitrogens with one attached hydrogen (secondary N) is 1. The number of alkyl halides is 2. The molecule has 0 radical (unpaired) electrons. The van der Waals surface area contributed by atoms with Crippen LogP contribution in [0.25, 0.3) is 11.2 Å². The van der Waals surface area contributed by atoms with Gasteiger partial charge in [-0.3, -0.25) is 23.5 Å². The first kappa shape index (κ1) is 29.5.